The highest BCUT2D eigenvalue weighted by molar-refractivity contribution is 7.96. The van der Waals surface area contributed by atoms with Crippen LogP contribution >= 0.6 is 12.6 Å². The number of hydrogen-bond acceptors (Lipinski definition) is 5. The molecule has 5 nitrogen and oxygen atoms in total. The van der Waals surface area contributed by atoms with E-state index in [0.29, 0.717) is 26.1 Å². The highest BCUT2D eigenvalue weighted by Gasteiger charge is 2.16. The van der Waals surface area contributed by atoms with Crippen molar-refractivity contribution in [1.82, 2.24) is 9.97 Å². The maximum Gasteiger partial charge on any atom is 0.185 e. The molecule has 0 atom stereocenters. The SMILES string of the molecule is O=C(S)CCC(c1ccc(OCc2ccc3ccccc3n2)cc1)c1ccc(OCc2ccc3ccccc3n2)cc1. The predicted octanol–water partition coefficient (Wildman–Crippen LogP) is 8.31. The van der Waals surface area contributed by atoms with Crippen molar-refractivity contribution < 1.29 is 14.3 Å². The normalized spacial score (nSPS) is 11.2. The summed E-state index contributed by atoms with van der Waals surface area (Å²) in [7, 11) is 0. The van der Waals surface area contributed by atoms with Gasteiger partial charge >= 0.3 is 0 Å². The lowest BCUT2D eigenvalue weighted by Crippen LogP contribution is -2.04. The maximum absolute atomic E-state index is 11.7. The minimum Gasteiger partial charge on any atom is -0.487 e. The van der Waals surface area contributed by atoms with E-state index in [0.717, 1.165) is 55.8 Å². The van der Waals surface area contributed by atoms with Gasteiger partial charge in [0.25, 0.3) is 0 Å². The number of pyridine rings is 2. The first-order valence-corrected chi connectivity index (χ1v) is 14.4. The van der Waals surface area contributed by atoms with Crippen LogP contribution in [0, 0.1) is 0 Å². The van der Waals surface area contributed by atoms with Crippen molar-refractivity contribution in [3.05, 3.63) is 144 Å². The van der Waals surface area contributed by atoms with Gasteiger partial charge in [0.05, 0.1) is 22.4 Å². The molecule has 6 heteroatoms. The Bertz CT molecular complexity index is 1690. The molecular weight excluding hydrogens is 540 g/mol. The molecule has 42 heavy (non-hydrogen) atoms. The molecule has 0 radical (unpaired) electrons. The third-order valence-corrected chi connectivity index (χ3v) is 7.52. The Labute approximate surface area is 250 Å². The lowest BCUT2D eigenvalue weighted by molar-refractivity contribution is -0.110. The number of thiol groups is 1. The van der Waals surface area contributed by atoms with Gasteiger partial charge in [0.15, 0.2) is 5.12 Å². The molecule has 0 N–H and O–H groups in total. The van der Waals surface area contributed by atoms with Gasteiger partial charge in [-0.25, -0.2) is 9.97 Å². The van der Waals surface area contributed by atoms with Crippen LogP contribution < -0.4 is 9.47 Å². The van der Waals surface area contributed by atoms with Crippen molar-refractivity contribution in [1.29, 1.82) is 0 Å². The first kappa shape index (κ1) is 27.5. The van der Waals surface area contributed by atoms with Crippen LogP contribution in [0.4, 0.5) is 0 Å². The molecule has 0 unspecified atom stereocenters. The minimum atomic E-state index is -0.120. The number of aromatic nitrogens is 2. The van der Waals surface area contributed by atoms with E-state index in [1.807, 2.05) is 84.9 Å². The van der Waals surface area contributed by atoms with Crippen molar-refractivity contribution >= 4 is 39.5 Å². The number of benzene rings is 4. The van der Waals surface area contributed by atoms with E-state index in [1.54, 1.807) is 0 Å². The first-order valence-electron chi connectivity index (χ1n) is 14.0. The fraction of sp³-hybridized carbons (Fsp3) is 0.139. The van der Waals surface area contributed by atoms with Gasteiger partial charge in [0.1, 0.15) is 24.7 Å². The number of nitrogens with zero attached hydrogens (tertiary/aromatic N) is 2. The van der Waals surface area contributed by atoms with Crippen molar-refractivity contribution in [2.45, 2.75) is 32.0 Å². The first-order chi connectivity index (χ1) is 20.6. The Balaban J connectivity index is 1.12. The zero-order valence-electron chi connectivity index (χ0n) is 23.0. The van der Waals surface area contributed by atoms with E-state index in [9.17, 15) is 4.79 Å². The third kappa shape index (κ3) is 6.78. The monoisotopic (exact) mass is 570 g/mol. The Kier molecular flexibility index (Phi) is 8.43. The molecule has 0 saturated carbocycles. The summed E-state index contributed by atoms with van der Waals surface area (Å²) in [5, 5.41) is 2.10. The minimum absolute atomic E-state index is 0.0357. The largest absolute Gasteiger partial charge is 0.487 e. The lowest BCUT2D eigenvalue weighted by Gasteiger charge is -2.19. The molecule has 0 spiro atoms. The second kappa shape index (κ2) is 12.9. The molecule has 2 heterocycles. The molecule has 208 valence electrons. The number of carbonyl (C=O) groups excluding carboxylic acids is 1. The smallest absolute Gasteiger partial charge is 0.185 e. The topological polar surface area (TPSA) is 61.3 Å². The van der Waals surface area contributed by atoms with E-state index in [1.165, 1.54) is 0 Å². The number of ether oxygens (including phenoxy) is 2. The van der Waals surface area contributed by atoms with Gasteiger partial charge in [0, 0.05) is 23.1 Å². The Hall–Kier alpha value is -4.68. The molecule has 0 aliphatic heterocycles. The van der Waals surface area contributed by atoms with Crippen LogP contribution in [0.2, 0.25) is 0 Å². The average Bonchev–Trinajstić information content (AvgIpc) is 3.03. The van der Waals surface area contributed by atoms with Crippen LogP contribution in [0.3, 0.4) is 0 Å². The number of para-hydroxylation sites is 2. The highest BCUT2D eigenvalue weighted by Crippen LogP contribution is 2.32. The standard InChI is InChI=1S/C36H30N2O3S/c39-36(42)22-21-33(25-11-17-31(18-12-25)40-23-29-15-9-27-5-1-3-7-34(27)37-29)26-13-19-32(20-14-26)41-24-30-16-10-28-6-2-4-8-35(28)38-30/h1-20,33H,21-24H2,(H,39,42). The second-order valence-electron chi connectivity index (χ2n) is 10.2. The van der Waals surface area contributed by atoms with E-state index >= 15 is 0 Å². The number of fused-ring (bicyclic) bond motifs is 2. The summed E-state index contributed by atoms with van der Waals surface area (Å²) in [6.07, 6.45) is 1.04. The molecule has 2 aromatic heterocycles. The van der Waals surface area contributed by atoms with Crippen molar-refractivity contribution in [2.24, 2.45) is 0 Å². The summed E-state index contributed by atoms with van der Waals surface area (Å²) in [6, 6.07) is 40.3. The zero-order valence-corrected chi connectivity index (χ0v) is 23.9. The Morgan fingerprint density at radius 1 is 0.595 bits per heavy atom. The fourth-order valence-electron chi connectivity index (χ4n) is 5.08. The summed E-state index contributed by atoms with van der Waals surface area (Å²) < 4.78 is 12.1. The van der Waals surface area contributed by atoms with Crippen LogP contribution in [0.15, 0.2) is 121 Å². The van der Waals surface area contributed by atoms with Gasteiger partial charge in [-0.2, -0.15) is 0 Å². The molecule has 0 fully saturated rings. The van der Waals surface area contributed by atoms with Gasteiger partial charge < -0.3 is 9.47 Å². The molecule has 6 rings (SSSR count). The molecule has 0 aliphatic rings. The second-order valence-corrected chi connectivity index (χ2v) is 10.7. The lowest BCUT2D eigenvalue weighted by atomic mass is 9.87. The Morgan fingerprint density at radius 3 is 1.50 bits per heavy atom. The quantitative estimate of drug-likeness (QED) is 0.159. The summed E-state index contributed by atoms with van der Waals surface area (Å²) >= 11 is 4.01. The van der Waals surface area contributed by atoms with Crippen LogP contribution in [-0.4, -0.2) is 15.1 Å². The third-order valence-electron chi connectivity index (χ3n) is 7.30. The number of carbonyl (C=O) groups is 1. The van der Waals surface area contributed by atoms with Crippen molar-refractivity contribution in [3.8, 4) is 11.5 Å². The highest BCUT2D eigenvalue weighted by atomic mass is 32.1. The fourth-order valence-corrected chi connectivity index (χ4v) is 5.21. The molecule has 0 amide bonds. The van der Waals surface area contributed by atoms with E-state index in [2.05, 4.69) is 59.0 Å². The number of hydrogen-bond donors (Lipinski definition) is 1. The van der Waals surface area contributed by atoms with Crippen LogP contribution in [-0.2, 0) is 18.0 Å². The summed E-state index contributed by atoms with van der Waals surface area (Å²) in [5.41, 5.74) is 5.88. The molecular formula is C36H30N2O3S. The van der Waals surface area contributed by atoms with Crippen molar-refractivity contribution in [2.75, 3.05) is 0 Å². The molecule has 6 aromatic rings. The Morgan fingerprint density at radius 2 is 1.05 bits per heavy atom. The summed E-state index contributed by atoms with van der Waals surface area (Å²) in [4.78, 5) is 21.1. The number of rotatable bonds is 11. The summed E-state index contributed by atoms with van der Waals surface area (Å²) in [6.45, 7) is 0.774. The summed E-state index contributed by atoms with van der Waals surface area (Å²) in [5.74, 6) is 1.57. The molecule has 4 aromatic carbocycles. The van der Waals surface area contributed by atoms with Crippen LogP contribution in [0.25, 0.3) is 21.8 Å². The molecule has 0 bridgehead atoms. The molecule has 0 saturated heterocycles. The van der Waals surface area contributed by atoms with Crippen LogP contribution in [0.1, 0.15) is 41.3 Å². The van der Waals surface area contributed by atoms with Gasteiger partial charge in [-0.1, -0.05) is 72.8 Å². The van der Waals surface area contributed by atoms with Gasteiger partial charge in [-0.15, -0.1) is 12.6 Å². The predicted molar refractivity (Wildman–Crippen MR) is 170 cm³/mol. The van der Waals surface area contributed by atoms with E-state index in [4.69, 9.17) is 9.47 Å². The van der Waals surface area contributed by atoms with Gasteiger partial charge in [0.2, 0.25) is 0 Å². The van der Waals surface area contributed by atoms with E-state index in [-0.39, 0.29) is 11.0 Å². The molecule has 0 aliphatic carbocycles. The van der Waals surface area contributed by atoms with Crippen molar-refractivity contribution in [3.63, 3.8) is 0 Å². The zero-order chi connectivity index (χ0) is 28.7. The van der Waals surface area contributed by atoms with Crippen LogP contribution in [0.5, 0.6) is 11.5 Å². The van der Waals surface area contributed by atoms with Gasteiger partial charge in [-0.3, -0.25) is 4.79 Å². The van der Waals surface area contributed by atoms with Gasteiger partial charge in [-0.05, 0) is 66.1 Å². The average molecular weight is 571 g/mol. The van der Waals surface area contributed by atoms with E-state index < -0.39 is 0 Å². The maximum atomic E-state index is 11.7.